The van der Waals surface area contributed by atoms with Crippen molar-refractivity contribution >= 4 is 23.4 Å². The number of carbonyl (C=O) groups is 2. The number of amides is 2. The number of rotatable bonds is 4. The Morgan fingerprint density at radius 1 is 1.25 bits per heavy atom. The van der Waals surface area contributed by atoms with Crippen LogP contribution >= 0.6 is 11.6 Å². The van der Waals surface area contributed by atoms with Gasteiger partial charge in [-0.1, -0.05) is 17.7 Å². The Bertz CT molecular complexity index is 751. The predicted octanol–water partition coefficient (Wildman–Crippen LogP) is 2.25. The number of halogens is 1. The minimum atomic E-state index is -0.278. The van der Waals surface area contributed by atoms with Gasteiger partial charge in [-0.15, -0.1) is 0 Å². The molecule has 7 heteroatoms. The van der Waals surface area contributed by atoms with Gasteiger partial charge in [0.2, 0.25) is 5.91 Å². The van der Waals surface area contributed by atoms with Crippen LogP contribution in [-0.2, 0) is 4.79 Å². The number of carbonyl (C=O) groups excluding carboxylic acids is 2. The first-order chi connectivity index (χ1) is 11.5. The van der Waals surface area contributed by atoms with Crippen LogP contribution in [0.4, 0.5) is 0 Å². The third kappa shape index (κ3) is 3.76. The van der Waals surface area contributed by atoms with Crippen molar-refractivity contribution in [3.8, 4) is 5.69 Å². The number of benzene rings is 1. The highest BCUT2D eigenvalue weighted by Crippen LogP contribution is 2.21. The minimum Gasteiger partial charge on any atom is -0.370 e. The van der Waals surface area contributed by atoms with Gasteiger partial charge in [0.05, 0.1) is 5.69 Å². The quantitative estimate of drug-likeness (QED) is 0.921. The number of hydrogen-bond donors (Lipinski definition) is 1. The molecule has 0 atom stereocenters. The highest BCUT2D eigenvalue weighted by atomic mass is 35.5. The standard InChI is InChI=1S/C17H19ClN4O2/c18-13-2-1-3-14(11-13)22-9-6-15(20-22)17(24)21-7-4-12(5-8-21)10-16(19)23/h1-3,6,9,11-12H,4-5,7-8,10H2,(H2,19,23). The summed E-state index contributed by atoms with van der Waals surface area (Å²) in [5, 5.41) is 4.97. The second kappa shape index (κ2) is 7.05. The summed E-state index contributed by atoms with van der Waals surface area (Å²) in [4.78, 5) is 25.3. The van der Waals surface area contributed by atoms with Gasteiger partial charge in [-0.05, 0) is 43.0 Å². The molecule has 3 rings (SSSR count). The lowest BCUT2D eigenvalue weighted by Crippen LogP contribution is -2.39. The Morgan fingerprint density at radius 2 is 2.00 bits per heavy atom. The van der Waals surface area contributed by atoms with E-state index in [1.54, 1.807) is 34.0 Å². The fourth-order valence-corrected chi connectivity index (χ4v) is 3.17. The molecule has 2 N–H and O–H groups in total. The zero-order valence-electron chi connectivity index (χ0n) is 13.2. The zero-order valence-corrected chi connectivity index (χ0v) is 13.9. The van der Waals surface area contributed by atoms with Gasteiger partial charge >= 0.3 is 0 Å². The summed E-state index contributed by atoms with van der Waals surface area (Å²) in [5.41, 5.74) is 6.45. The van der Waals surface area contributed by atoms with Crippen LogP contribution in [0.2, 0.25) is 5.02 Å². The maximum absolute atomic E-state index is 12.6. The number of nitrogens with zero attached hydrogens (tertiary/aromatic N) is 3. The molecule has 1 aliphatic heterocycles. The summed E-state index contributed by atoms with van der Waals surface area (Å²) in [6, 6.07) is 9.00. The first kappa shape index (κ1) is 16.5. The SMILES string of the molecule is NC(=O)CC1CCN(C(=O)c2ccn(-c3cccc(Cl)c3)n2)CC1. The Kier molecular flexibility index (Phi) is 4.85. The molecule has 2 aromatic rings. The maximum atomic E-state index is 12.6. The largest absolute Gasteiger partial charge is 0.370 e. The van der Waals surface area contributed by atoms with Crippen LogP contribution in [0.15, 0.2) is 36.5 Å². The zero-order chi connectivity index (χ0) is 17.1. The Morgan fingerprint density at radius 3 is 2.67 bits per heavy atom. The third-order valence-electron chi connectivity index (χ3n) is 4.27. The Labute approximate surface area is 145 Å². The smallest absolute Gasteiger partial charge is 0.274 e. The summed E-state index contributed by atoms with van der Waals surface area (Å²) in [6.07, 6.45) is 3.73. The lowest BCUT2D eigenvalue weighted by molar-refractivity contribution is -0.119. The topological polar surface area (TPSA) is 81.2 Å². The van der Waals surface area contributed by atoms with E-state index in [0.29, 0.717) is 30.2 Å². The van der Waals surface area contributed by atoms with Gasteiger partial charge in [0.25, 0.3) is 5.91 Å². The molecule has 2 amide bonds. The van der Waals surface area contributed by atoms with Crippen LogP contribution in [0.25, 0.3) is 5.69 Å². The molecule has 2 heterocycles. The van der Waals surface area contributed by atoms with Gasteiger partial charge in [0.15, 0.2) is 5.69 Å². The van der Waals surface area contributed by atoms with Gasteiger partial charge in [0.1, 0.15) is 0 Å². The van der Waals surface area contributed by atoms with E-state index in [9.17, 15) is 9.59 Å². The van der Waals surface area contributed by atoms with E-state index >= 15 is 0 Å². The molecule has 0 saturated carbocycles. The average molecular weight is 347 g/mol. The maximum Gasteiger partial charge on any atom is 0.274 e. The third-order valence-corrected chi connectivity index (χ3v) is 4.51. The van der Waals surface area contributed by atoms with E-state index in [0.717, 1.165) is 18.5 Å². The molecular formula is C17H19ClN4O2. The molecule has 1 aliphatic rings. The molecule has 1 saturated heterocycles. The summed E-state index contributed by atoms with van der Waals surface area (Å²) in [6.45, 7) is 1.25. The fraction of sp³-hybridized carbons (Fsp3) is 0.353. The van der Waals surface area contributed by atoms with Crippen molar-refractivity contribution in [2.45, 2.75) is 19.3 Å². The van der Waals surface area contributed by atoms with E-state index in [1.807, 2.05) is 12.1 Å². The summed E-state index contributed by atoms with van der Waals surface area (Å²) < 4.78 is 1.64. The van der Waals surface area contributed by atoms with Crippen LogP contribution in [0.3, 0.4) is 0 Å². The number of nitrogens with two attached hydrogens (primary N) is 1. The van der Waals surface area contributed by atoms with Crippen LogP contribution in [0, 0.1) is 5.92 Å². The van der Waals surface area contributed by atoms with Crippen molar-refractivity contribution < 1.29 is 9.59 Å². The highest BCUT2D eigenvalue weighted by Gasteiger charge is 2.25. The second-order valence-electron chi connectivity index (χ2n) is 6.03. The molecule has 1 aromatic heterocycles. The van der Waals surface area contributed by atoms with Crippen molar-refractivity contribution in [2.75, 3.05) is 13.1 Å². The summed E-state index contributed by atoms with van der Waals surface area (Å²) >= 11 is 5.99. The number of piperidine rings is 1. The van der Waals surface area contributed by atoms with E-state index in [-0.39, 0.29) is 17.7 Å². The lowest BCUT2D eigenvalue weighted by Gasteiger charge is -2.31. The van der Waals surface area contributed by atoms with Gasteiger partial charge in [0, 0.05) is 30.7 Å². The summed E-state index contributed by atoms with van der Waals surface area (Å²) in [5.74, 6) is -0.0936. The number of likely N-dealkylation sites (tertiary alicyclic amines) is 1. The molecule has 0 radical (unpaired) electrons. The average Bonchev–Trinajstić information content (AvgIpc) is 3.04. The van der Waals surface area contributed by atoms with Crippen molar-refractivity contribution in [3.63, 3.8) is 0 Å². The van der Waals surface area contributed by atoms with Crippen LogP contribution in [-0.4, -0.2) is 39.6 Å². The molecule has 0 unspecified atom stereocenters. The van der Waals surface area contributed by atoms with Crippen molar-refractivity contribution in [1.29, 1.82) is 0 Å². The predicted molar refractivity (Wildman–Crippen MR) is 91.0 cm³/mol. The van der Waals surface area contributed by atoms with E-state index in [4.69, 9.17) is 17.3 Å². The van der Waals surface area contributed by atoms with Crippen LogP contribution in [0.5, 0.6) is 0 Å². The molecule has 0 spiro atoms. The highest BCUT2D eigenvalue weighted by molar-refractivity contribution is 6.30. The van der Waals surface area contributed by atoms with Crippen molar-refractivity contribution in [1.82, 2.24) is 14.7 Å². The van der Waals surface area contributed by atoms with Crippen molar-refractivity contribution in [2.24, 2.45) is 11.7 Å². The van der Waals surface area contributed by atoms with E-state index in [1.165, 1.54) is 0 Å². The Hall–Kier alpha value is -2.34. The molecule has 0 bridgehead atoms. The van der Waals surface area contributed by atoms with Gasteiger partial charge in [-0.3, -0.25) is 9.59 Å². The van der Waals surface area contributed by atoms with Crippen LogP contribution < -0.4 is 5.73 Å². The molecule has 0 aliphatic carbocycles. The molecule has 24 heavy (non-hydrogen) atoms. The molecule has 1 fully saturated rings. The molecule has 6 nitrogen and oxygen atoms in total. The van der Waals surface area contributed by atoms with Crippen LogP contribution in [0.1, 0.15) is 29.8 Å². The van der Waals surface area contributed by atoms with Gasteiger partial charge in [-0.2, -0.15) is 5.10 Å². The van der Waals surface area contributed by atoms with Crippen molar-refractivity contribution in [3.05, 3.63) is 47.2 Å². The fourth-order valence-electron chi connectivity index (χ4n) is 2.99. The van der Waals surface area contributed by atoms with Gasteiger partial charge < -0.3 is 10.6 Å². The Balaban J connectivity index is 1.65. The van der Waals surface area contributed by atoms with E-state index < -0.39 is 0 Å². The summed E-state index contributed by atoms with van der Waals surface area (Å²) in [7, 11) is 0. The molecule has 1 aromatic carbocycles. The normalized spacial score (nSPS) is 15.5. The number of primary amides is 1. The molecule has 126 valence electrons. The molecular weight excluding hydrogens is 328 g/mol. The first-order valence-electron chi connectivity index (χ1n) is 7.92. The first-order valence-corrected chi connectivity index (χ1v) is 8.30. The lowest BCUT2D eigenvalue weighted by atomic mass is 9.93. The van der Waals surface area contributed by atoms with E-state index in [2.05, 4.69) is 5.10 Å². The van der Waals surface area contributed by atoms with Gasteiger partial charge in [-0.25, -0.2) is 4.68 Å². The number of aromatic nitrogens is 2. The minimum absolute atomic E-state index is 0.0895. The monoisotopic (exact) mass is 346 g/mol. The second-order valence-corrected chi connectivity index (χ2v) is 6.47. The number of hydrogen-bond acceptors (Lipinski definition) is 3.